The molecule has 0 radical (unpaired) electrons. The molecule has 0 saturated carbocycles. The Morgan fingerprint density at radius 1 is 0.750 bits per heavy atom. The number of carbonyl (C=O) groups excluding carboxylic acids is 1. The molecule has 0 atom stereocenters. The predicted octanol–water partition coefficient (Wildman–Crippen LogP) is 5.49. The summed E-state index contributed by atoms with van der Waals surface area (Å²) in [6, 6.07) is 16.3. The van der Waals surface area contributed by atoms with E-state index in [-0.39, 0.29) is 5.41 Å². The summed E-state index contributed by atoms with van der Waals surface area (Å²) in [6.07, 6.45) is 0.868. The minimum Gasteiger partial charge on any atom is -0.298 e. The van der Waals surface area contributed by atoms with Crippen LogP contribution in [0.3, 0.4) is 0 Å². The van der Waals surface area contributed by atoms with Crippen LogP contribution in [0.1, 0.15) is 50.5 Å². The summed E-state index contributed by atoms with van der Waals surface area (Å²) in [5.41, 5.74) is 4.54. The van der Waals surface area contributed by atoms with Crippen molar-refractivity contribution in [2.45, 2.75) is 40.0 Å². The van der Waals surface area contributed by atoms with E-state index in [1.165, 1.54) is 11.1 Å². The van der Waals surface area contributed by atoms with Gasteiger partial charge in [-0.05, 0) is 22.1 Å². The summed E-state index contributed by atoms with van der Waals surface area (Å²) < 4.78 is 0. The van der Waals surface area contributed by atoms with E-state index in [4.69, 9.17) is 0 Å². The SMILES string of the molecule is CC.CC(C)(C)c1ccc(-c2ccc(C=O)cc2)cc1. The van der Waals surface area contributed by atoms with Gasteiger partial charge in [-0.2, -0.15) is 0 Å². The van der Waals surface area contributed by atoms with Gasteiger partial charge in [0.15, 0.2) is 0 Å². The van der Waals surface area contributed by atoms with Gasteiger partial charge in [-0.1, -0.05) is 83.1 Å². The summed E-state index contributed by atoms with van der Waals surface area (Å²) in [5, 5.41) is 0. The molecule has 0 aromatic heterocycles. The van der Waals surface area contributed by atoms with Crippen molar-refractivity contribution in [3.63, 3.8) is 0 Å². The van der Waals surface area contributed by atoms with E-state index in [1.807, 2.05) is 38.1 Å². The van der Waals surface area contributed by atoms with E-state index in [2.05, 4.69) is 45.0 Å². The third kappa shape index (κ3) is 4.06. The lowest BCUT2D eigenvalue weighted by Crippen LogP contribution is -2.10. The maximum atomic E-state index is 10.6. The molecule has 1 nitrogen and oxygen atoms in total. The molecule has 2 rings (SSSR count). The van der Waals surface area contributed by atoms with Crippen molar-refractivity contribution in [2.24, 2.45) is 0 Å². The van der Waals surface area contributed by atoms with Crippen LogP contribution in [-0.2, 0) is 5.41 Å². The topological polar surface area (TPSA) is 17.1 Å². The van der Waals surface area contributed by atoms with Crippen molar-refractivity contribution in [3.8, 4) is 11.1 Å². The van der Waals surface area contributed by atoms with Gasteiger partial charge in [-0.25, -0.2) is 0 Å². The zero-order chi connectivity index (χ0) is 15.2. The Morgan fingerprint density at radius 2 is 1.15 bits per heavy atom. The molecule has 0 bridgehead atoms. The summed E-state index contributed by atoms with van der Waals surface area (Å²) in [5.74, 6) is 0. The van der Waals surface area contributed by atoms with Crippen LogP contribution in [0.5, 0.6) is 0 Å². The first-order valence-corrected chi connectivity index (χ1v) is 7.17. The minimum absolute atomic E-state index is 0.180. The van der Waals surface area contributed by atoms with Gasteiger partial charge in [0.05, 0.1) is 0 Å². The van der Waals surface area contributed by atoms with E-state index in [1.54, 1.807) is 0 Å². The molecule has 1 heteroatoms. The Balaban J connectivity index is 0.000000956. The van der Waals surface area contributed by atoms with E-state index in [0.29, 0.717) is 5.56 Å². The molecule has 0 spiro atoms. The molecule has 2 aromatic carbocycles. The first kappa shape index (κ1) is 16.2. The van der Waals surface area contributed by atoms with Crippen molar-refractivity contribution >= 4 is 6.29 Å². The van der Waals surface area contributed by atoms with Crippen LogP contribution in [0.4, 0.5) is 0 Å². The second kappa shape index (κ2) is 7.04. The van der Waals surface area contributed by atoms with Crippen LogP contribution >= 0.6 is 0 Å². The molecule has 0 N–H and O–H groups in total. The molecule has 0 fully saturated rings. The summed E-state index contributed by atoms with van der Waals surface area (Å²) in [6.45, 7) is 10.6. The van der Waals surface area contributed by atoms with E-state index in [0.717, 1.165) is 11.8 Å². The van der Waals surface area contributed by atoms with Crippen molar-refractivity contribution in [1.82, 2.24) is 0 Å². The Labute approximate surface area is 122 Å². The second-order valence-corrected chi connectivity index (χ2v) is 5.57. The van der Waals surface area contributed by atoms with Crippen molar-refractivity contribution < 1.29 is 4.79 Å². The average Bonchev–Trinajstić information content (AvgIpc) is 2.49. The smallest absolute Gasteiger partial charge is 0.150 e. The molecule has 0 heterocycles. The van der Waals surface area contributed by atoms with Gasteiger partial charge in [0, 0.05) is 5.56 Å². The van der Waals surface area contributed by atoms with Gasteiger partial charge in [-0.15, -0.1) is 0 Å². The normalized spacial score (nSPS) is 10.4. The van der Waals surface area contributed by atoms with Gasteiger partial charge in [0.2, 0.25) is 0 Å². The Morgan fingerprint density at radius 3 is 1.50 bits per heavy atom. The Kier molecular flexibility index (Phi) is 5.69. The Hall–Kier alpha value is -1.89. The van der Waals surface area contributed by atoms with Gasteiger partial charge < -0.3 is 0 Å². The molecule has 0 saturated heterocycles. The fourth-order valence-electron chi connectivity index (χ4n) is 1.92. The molecule has 20 heavy (non-hydrogen) atoms. The molecular formula is C19H24O. The first-order valence-electron chi connectivity index (χ1n) is 7.17. The molecule has 0 unspecified atom stereocenters. The number of aldehydes is 1. The predicted molar refractivity (Wildman–Crippen MR) is 87.3 cm³/mol. The van der Waals surface area contributed by atoms with E-state index in [9.17, 15) is 4.79 Å². The lowest BCUT2D eigenvalue weighted by molar-refractivity contribution is 0.112. The van der Waals surface area contributed by atoms with Crippen LogP contribution in [0.2, 0.25) is 0 Å². The second-order valence-electron chi connectivity index (χ2n) is 5.57. The van der Waals surface area contributed by atoms with Crippen LogP contribution in [-0.4, -0.2) is 6.29 Å². The maximum Gasteiger partial charge on any atom is 0.150 e. The number of carbonyl (C=O) groups is 1. The number of hydrogen-bond donors (Lipinski definition) is 0. The highest BCUT2D eigenvalue weighted by atomic mass is 16.1. The zero-order valence-electron chi connectivity index (χ0n) is 13.1. The summed E-state index contributed by atoms with van der Waals surface area (Å²) in [4.78, 5) is 10.6. The summed E-state index contributed by atoms with van der Waals surface area (Å²) in [7, 11) is 0. The molecule has 0 amide bonds. The number of rotatable bonds is 2. The van der Waals surface area contributed by atoms with Crippen molar-refractivity contribution in [3.05, 3.63) is 59.7 Å². The summed E-state index contributed by atoms with van der Waals surface area (Å²) >= 11 is 0. The van der Waals surface area contributed by atoms with Crippen LogP contribution in [0.25, 0.3) is 11.1 Å². The largest absolute Gasteiger partial charge is 0.298 e. The lowest BCUT2D eigenvalue weighted by atomic mass is 9.86. The molecule has 106 valence electrons. The minimum atomic E-state index is 0.180. The fourth-order valence-corrected chi connectivity index (χ4v) is 1.92. The van der Waals surface area contributed by atoms with Crippen molar-refractivity contribution in [2.75, 3.05) is 0 Å². The van der Waals surface area contributed by atoms with Gasteiger partial charge in [-0.3, -0.25) is 4.79 Å². The lowest BCUT2D eigenvalue weighted by Gasteiger charge is -2.19. The fraction of sp³-hybridized carbons (Fsp3) is 0.316. The van der Waals surface area contributed by atoms with Crippen LogP contribution < -0.4 is 0 Å². The highest BCUT2D eigenvalue weighted by Gasteiger charge is 2.12. The van der Waals surface area contributed by atoms with E-state index >= 15 is 0 Å². The Bertz CT molecular complexity index is 527. The standard InChI is InChI=1S/C17H18O.C2H6/c1-17(2,3)16-10-8-15(9-11-16)14-6-4-13(12-18)5-7-14;1-2/h4-12H,1-3H3;1-2H3. The van der Waals surface area contributed by atoms with E-state index < -0.39 is 0 Å². The highest BCUT2D eigenvalue weighted by Crippen LogP contribution is 2.26. The number of hydrogen-bond acceptors (Lipinski definition) is 1. The molecule has 0 aliphatic carbocycles. The quantitative estimate of drug-likeness (QED) is 0.658. The highest BCUT2D eigenvalue weighted by molar-refractivity contribution is 5.76. The van der Waals surface area contributed by atoms with Gasteiger partial charge in [0.25, 0.3) is 0 Å². The van der Waals surface area contributed by atoms with Crippen LogP contribution in [0, 0.1) is 0 Å². The first-order chi connectivity index (χ1) is 9.50. The monoisotopic (exact) mass is 268 g/mol. The molecule has 0 aliphatic rings. The van der Waals surface area contributed by atoms with Crippen LogP contribution in [0.15, 0.2) is 48.5 Å². The third-order valence-corrected chi connectivity index (χ3v) is 3.13. The maximum absolute atomic E-state index is 10.6. The molecular weight excluding hydrogens is 244 g/mol. The van der Waals surface area contributed by atoms with Gasteiger partial charge >= 0.3 is 0 Å². The average molecular weight is 268 g/mol. The molecule has 0 aliphatic heterocycles. The van der Waals surface area contributed by atoms with Crippen molar-refractivity contribution in [1.29, 1.82) is 0 Å². The number of benzene rings is 2. The molecule has 2 aromatic rings. The third-order valence-electron chi connectivity index (χ3n) is 3.13. The zero-order valence-corrected chi connectivity index (χ0v) is 13.1. The van der Waals surface area contributed by atoms with Gasteiger partial charge in [0.1, 0.15) is 6.29 Å².